The highest BCUT2D eigenvalue weighted by atomic mass is 16.5. The molecule has 1 rings (SSSR count). The normalized spacial score (nSPS) is 18.3. The summed E-state index contributed by atoms with van der Waals surface area (Å²) in [6, 6.07) is 0. The van der Waals surface area contributed by atoms with E-state index in [1.807, 2.05) is 0 Å². The number of methoxy groups -OCH3 is 1. The number of nitrogens with two attached hydrogens (primary N) is 1. The molecule has 0 aromatic carbocycles. The van der Waals surface area contributed by atoms with Gasteiger partial charge in [-0.2, -0.15) is 9.37 Å². The number of amides is 1. The molecule has 0 unspecified atom stereocenters. The Balaban J connectivity index is 2.74. The lowest BCUT2D eigenvalue weighted by atomic mass is 10.2. The topological polar surface area (TPSA) is 55.3 Å². The van der Waals surface area contributed by atoms with E-state index < -0.39 is 0 Å². The molecule has 4 heteroatoms. The van der Waals surface area contributed by atoms with E-state index in [4.69, 9.17) is 5.73 Å². The Labute approximate surface area is 65.6 Å². The maximum atomic E-state index is 11.0. The Kier molecular flexibility index (Phi) is 2.46. The number of hydrogen-bond donors (Lipinski definition) is 1. The van der Waals surface area contributed by atoms with E-state index in [9.17, 15) is 4.79 Å². The van der Waals surface area contributed by atoms with Gasteiger partial charge in [0.25, 0.3) is 5.84 Å². The number of nitrogens with zero attached hydrogens (tertiary/aromatic N) is 1. The first-order valence-electron chi connectivity index (χ1n) is 3.72. The van der Waals surface area contributed by atoms with Crippen LogP contribution in [-0.2, 0) is 4.74 Å². The van der Waals surface area contributed by atoms with Gasteiger partial charge in [-0.1, -0.05) is 0 Å². The molecule has 1 aliphatic rings. The molecular formula is C7H13N2O2+. The summed E-state index contributed by atoms with van der Waals surface area (Å²) in [5.74, 6) is 0.628. The molecule has 11 heavy (non-hydrogen) atoms. The van der Waals surface area contributed by atoms with E-state index in [0.29, 0.717) is 12.4 Å². The summed E-state index contributed by atoms with van der Waals surface area (Å²) in [5.41, 5.74) is 5.60. The zero-order chi connectivity index (χ0) is 8.27. The van der Waals surface area contributed by atoms with Crippen molar-refractivity contribution in [3.63, 3.8) is 0 Å². The summed E-state index contributed by atoms with van der Waals surface area (Å²) < 4.78 is 6.04. The maximum Gasteiger partial charge on any atom is 0.506 e. The van der Waals surface area contributed by atoms with E-state index in [1.165, 1.54) is 11.7 Å². The zero-order valence-electron chi connectivity index (χ0n) is 6.67. The quantitative estimate of drug-likeness (QED) is 0.515. The summed E-state index contributed by atoms with van der Waals surface area (Å²) in [6.45, 7) is 0.693. The Hall–Kier alpha value is -1.06. The molecule has 0 aromatic heterocycles. The van der Waals surface area contributed by atoms with Crippen LogP contribution in [0.1, 0.15) is 19.3 Å². The Morgan fingerprint density at radius 2 is 2.36 bits per heavy atom. The lowest BCUT2D eigenvalue weighted by Gasteiger charge is -2.10. The SMILES string of the molecule is COC(=O)[N+]1=C(N)CCCC1. The predicted molar refractivity (Wildman–Crippen MR) is 40.6 cm³/mol. The number of hydrogen-bond acceptors (Lipinski definition) is 3. The first-order chi connectivity index (χ1) is 5.25. The lowest BCUT2D eigenvalue weighted by molar-refractivity contribution is -0.452. The van der Waals surface area contributed by atoms with E-state index in [-0.39, 0.29) is 6.09 Å². The van der Waals surface area contributed by atoms with Gasteiger partial charge >= 0.3 is 6.09 Å². The molecule has 4 nitrogen and oxygen atoms in total. The fourth-order valence-corrected chi connectivity index (χ4v) is 1.17. The first kappa shape index (κ1) is 8.04. The molecule has 0 bridgehead atoms. The van der Waals surface area contributed by atoms with Crippen molar-refractivity contribution in [2.24, 2.45) is 5.73 Å². The predicted octanol–water partition coefficient (Wildman–Crippen LogP) is 0.306. The van der Waals surface area contributed by atoms with Crippen molar-refractivity contribution in [2.45, 2.75) is 19.3 Å². The van der Waals surface area contributed by atoms with Gasteiger partial charge in [-0.25, -0.2) is 0 Å². The fourth-order valence-electron chi connectivity index (χ4n) is 1.17. The third-order valence-corrected chi connectivity index (χ3v) is 1.81. The number of rotatable bonds is 0. The average Bonchev–Trinajstić information content (AvgIpc) is 2.04. The van der Waals surface area contributed by atoms with Crippen molar-refractivity contribution < 1.29 is 14.1 Å². The van der Waals surface area contributed by atoms with Crippen LogP contribution in [0.2, 0.25) is 0 Å². The number of carbonyl (C=O) groups excluding carboxylic acids is 1. The molecule has 0 saturated carbocycles. The molecule has 2 N–H and O–H groups in total. The van der Waals surface area contributed by atoms with Crippen LogP contribution in [0.15, 0.2) is 0 Å². The second kappa shape index (κ2) is 3.37. The highest BCUT2D eigenvalue weighted by Crippen LogP contribution is 2.03. The van der Waals surface area contributed by atoms with Crippen LogP contribution in [0, 0.1) is 0 Å². The molecule has 62 valence electrons. The van der Waals surface area contributed by atoms with E-state index in [1.54, 1.807) is 0 Å². The summed E-state index contributed by atoms with van der Waals surface area (Å²) in [7, 11) is 1.37. The van der Waals surface area contributed by atoms with Gasteiger partial charge in [0.2, 0.25) is 0 Å². The molecule has 0 saturated heterocycles. The van der Waals surface area contributed by atoms with Crippen LogP contribution in [0.4, 0.5) is 4.79 Å². The van der Waals surface area contributed by atoms with Gasteiger partial charge in [-0.05, 0) is 12.8 Å². The van der Waals surface area contributed by atoms with Crippen LogP contribution >= 0.6 is 0 Å². The first-order valence-corrected chi connectivity index (χ1v) is 3.72. The monoisotopic (exact) mass is 157 g/mol. The van der Waals surface area contributed by atoms with Crippen molar-refractivity contribution in [1.29, 1.82) is 0 Å². The zero-order valence-corrected chi connectivity index (χ0v) is 6.67. The third kappa shape index (κ3) is 1.69. The van der Waals surface area contributed by atoms with Gasteiger partial charge in [0, 0.05) is 6.42 Å². The molecular weight excluding hydrogens is 144 g/mol. The molecule has 0 radical (unpaired) electrons. The third-order valence-electron chi connectivity index (χ3n) is 1.81. The highest BCUT2D eigenvalue weighted by molar-refractivity contribution is 5.80. The van der Waals surface area contributed by atoms with Crippen LogP contribution in [-0.4, -0.2) is 30.2 Å². The van der Waals surface area contributed by atoms with E-state index >= 15 is 0 Å². The molecule has 0 aliphatic carbocycles. The van der Waals surface area contributed by atoms with Crippen molar-refractivity contribution >= 4 is 11.9 Å². The minimum atomic E-state index is -0.345. The smallest absolute Gasteiger partial charge is 0.435 e. The van der Waals surface area contributed by atoms with E-state index in [0.717, 1.165) is 19.3 Å². The Morgan fingerprint density at radius 3 is 2.91 bits per heavy atom. The van der Waals surface area contributed by atoms with Gasteiger partial charge in [-0.15, -0.1) is 0 Å². The largest absolute Gasteiger partial charge is 0.506 e. The molecule has 0 fully saturated rings. The van der Waals surface area contributed by atoms with Crippen molar-refractivity contribution in [2.75, 3.05) is 13.7 Å². The molecule has 1 amide bonds. The molecule has 0 atom stereocenters. The summed E-state index contributed by atoms with van der Waals surface area (Å²) in [5, 5.41) is 0. The molecule has 1 aliphatic heterocycles. The van der Waals surface area contributed by atoms with Crippen LogP contribution in [0.25, 0.3) is 0 Å². The van der Waals surface area contributed by atoms with Crippen molar-refractivity contribution in [3.05, 3.63) is 0 Å². The van der Waals surface area contributed by atoms with Gasteiger partial charge in [-0.3, -0.25) is 5.73 Å². The van der Waals surface area contributed by atoms with E-state index in [2.05, 4.69) is 4.74 Å². The van der Waals surface area contributed by atoms with Crippen molar-refractivity contribution in [1.82, 2.24) is 0 Å². The van der Waals surface area contributed by atoms with Gasteiger partial charge < -0.3 is 4.74 Å². The maximum absolute atomic E-state index is 11.0. The number of ether oxygens (including phenoxy) is 1. The standard InChI is InChI=1S/C7H12N2O2/c1-11-7(10)9-5-3-2-4-6(9)8/h8H,2-5H2,1H3/p+1. The Bertz CT molecular complexity index is 199. The second-order valence-electron chi connectivity index (χ2n) is 2.57. The molecule has 0 aromatic rings. The lowest BCUT2D eigenvalue weighted by Crippen LogP contribution is -2.36. The van der Waals surface area contributed by atoms with Crippen LogP contribution in [0.3, 0.4) is 0 Å². The Morgan fingerprint density at radius 1 is 1.64 bits per heavy atom. The minimum Gasteiger partial charge on any atom is -0.435 e. The molecule has 1 heterocycles. The second-order valence-corrected chi connectivity index (χ2v) is 2.57. The minimum absolute atomic E-state index is 0.345. The van der Waals surface area contributed by atoms with Crippen LogP contribution < -0.4 is 5.73 Å². The number of amidine groups is 1. The van der Waals surface area contributed by atoms with Gasteiger partial charge in [0.1, 0.15) is 0 Å². The van der Waals surface area contributed by atoms with Gasteiger partial charge in [0.15, 0.2) is 0 Å². The fraction of sp³-hybridized carbons (Fsp3) is 0.714. The number of carbonyl (C=O) groups is 1. The average molecular weight is 157 g/mol. The summed E-state index contributed by atoms with van der Waals surface area (Å²) >= 11 is 0. The molecule has 0 spiro atoms. The van der Waals surface area contributed by atoms with Gasteiger partial charge in [0.05, 0.1) is 13.7 Å². The van der Waals surface area contributed by atoms with Crippen LogP contribution in [0.5, 0.6) is 0 Å². The summed E-state index contributed by atoms with van der Waals surface area (Å²) in [4.78, 5) is 11.0. The summed E-state index contributed by atoms with van der Waals surface area (Å²) in [6.07, 6.45) is 2.53. The van der Waals surface area contributed by atoms with Crippen molar-refractivity contribution in [3.8, 4) is 0 Å². The highest BCUT2D eigenvalue weighted by Gasteiger charge is 2.21.